The molecule has 108 valence electrons. The number of H-pyrrole nitrogens is 1. The molecular formula is C16H13F3N2. The lowest BCUT2D eigenvalue weighted by atomic mass is 10.1. The Kier molecular flexibility index (Phi) is 3.33. The molecule has 0 amide bonds. The Morgan fingerprint density at radius 3 is 2.38 bits per heavy atom. The minimum absolute atomic E-state index is 0.551. The van der Waals surface area contributed by atoms with E-state index in [0.717, 1.165) is 28.6 Å². The van der Waals surface area contributed by atoms with E-state index in [-0.39, 0.29) is 0 Å². The number of aromatic amines is 1. The first-order valence-corrected chi connectivity index (χ1v) is 6.50. The van der Waals surface area contributed by atoms with Crippen LogP contribution in [0.5, 0.6) is 0 Å². The first-order chi connectivity index (χ1) is 10.0. The van der Waals surface area contributed by atoms with Crippen LogP contribution < -0.4 is 5.32 Å². The van der Waals surface area contributed by atoms with Crippen LogP contribution >= 0.6 is 0 Å². The lowest BCUT2D eigenvalue weighted by Gasteiger charge is -2.09. The molecule has 0 radical (unpaired) electrons. The van der Waals surface area contributed by atoms with E-state index in [1.807, 2.05) is 30.5 Å². The summed E-state index contributed by atoms with van der Waals surface area (Å²) in [6.45, 7) is 0.551. The van der Waals surface area contributed by atoms with Crippen molar-refractivity contribution >= 4 is 16.6 Å². The molecule has 3 rings (SSSR count). The highest BCUT2D eigenvalue weighted by Crippen LogP contribution is 2.30. The van der Waals surface area contributed by atoms with Crippen molar-refractivity contribution in [3.63, 3.8) is 0 Å². The fourth-order valence-corrected chi connectivity index (χ4v) is 2.25. The van der Waals surface area contributed by atoms with Gasteiger partial charge in [-0.15, -0.1) is 0 Å². The predicted octanol–water partition coefficient (Wildman–Crippen LogP) is 4.80. The number of hydrogen-bond donors (Lipinski definition) is 2. The molecule has 5 heteroatoms. The second-order valence-corrected chi connectivity index (χ2v) is 4.79. The lowest BCUT2D eigenvalue weighted by molar-refractivity contribution is -0.137. The van der Waals surface area contributed by atoms with Gasteiger partial charge in [-0.25, -0.2) is 0 Å². The Bertz CT molecular complexity index is 742. The molecule has 0 spiro atoms. The van der Waals surface area contributed by atoms with E-state index >= 15 is 0 Å². The van der Waals surface area contributed by atoms with Gasteiger partial charge >= 0.3 is 6.18 Å². The molecule has 1 heterocycles. The summed E-state index contributed by atoms with van der Waals surface area (Å²) in [6, 6.07) is 12.9. The van der Waals surface area contributed by atoms with Crippen molar-refractivity contribution in [2.75, 3.05) is 5.32 Å². The molecule has 0 aliphatic carbocycles. The highest BCUT2D eigenvalue weighted by molar-refractivity contribution is 5.83. The molecule has 0 atom stereocenters. The molecular weight excluding hydrogens is 277 g/mol. The van der Waals surface area contributed by atoms with Crippen molar-refractivity contribution < 1.29 is 13.2 Å². The van der Waals surface area contributed by atoms with Crippen molar-refractivity contribution in [1.82, 2.24) is 4.98 Å². The van der Waals surface area contributed by atoms with Crippen molar-refractivity contribution in [2.24, 2.45) is 0 Å². The third-order valence-electron chi connectivity index (χ3n) is 3.37. The Morgan fingerprint density at radius 2 is 1.67 bits per heavy atom. The van der Waals surface area contributed by atoms with Crippen LogP contribution in [0.2, 0.25) is 0 Å². The van der Waals surface area contributed by atoms with E-state index in [4.69, 9.17) is 0 Å². The molecule has 21 heavy (non-hydrogen) atoms. The van der Waals surface area contributed by atoms with Gasteiger partial charge in [0, 0.05) is 29.3 Å². The number of anilines is 1. The molecule has 0 bridgehead atoms. The van der Waals surface area contributed by atoms with Gasteiger partial charge < -0.3 is 10.3 Å². The predicted molar refractivity (Wildman–Crippen MR) is 77.1 cm³/mol. The third kappa shape index (κ3) is 2.86. The standard InChI is InChI=1S/C16H13F3N2/c17-16(18,19)12-5-7-13(8-6-12)20-9-11-10-21-15-4-2-1-3-14(11)15/h1-8,10,20-21H,9H2. The number of hydrogen-bond acceptors (Lipinski definition) is 1. The normalized spacial score (nSPS) is 11.8. The van der Waals surface area contributed by atoms with Crippen LogP contribution in [0.3, 0.4) is 0 Å². The van der Waals surface area contributed by atoms with E-state index in [1.165, 1.54) is 12.1 Å². The second kappa shape index (κ2) is 5.16. The summed E-state index contributed by atoms with van der Waals surface area (Å²) in [5.74, 6) is 0. The highest BCUT2D eigenvalue weighted by atomic mass is 19.4. The van der Waals surface area contributed by atoms with Crippen molar-refractivity contribution in [3.05, 3.63) is 65.9 Å². The molecule has 0 aliphatic heterocycles. The maximum absolute atomic E-state index is 12.5. The number of nitrogens with one attached hydrogen (secondary N) is 2. The molecule has 0 saturated carbocycles. The highest BCUT2D eigenvalue weighted by Gasteiger charge is 2.29. The van der Waals surface area contributed by atoms with Gasteiger partial charge in [-0.3, -0.25) is 0 Å². The molecule has 0 saturated heterocycles. The van der Waals surface area contributed by atoms with Gasteiger partial charge in [0.2, 0.25) is 0 Å². The number of fused-ring (bicyclic) bond motifs is 1. The Labute approximate surface area is 119 Å². The summed E-state index contributed by atoms with van der Waals surface area (Å²) in [7, 11) is 0. The summed E-state index contributed by atoms with van der Waals surface area (Å²) in [5.41, 5.74) is 2.14. The maximum atomic E-state index is 12.5. The fourth-order valence-electron chi connectivity index (χ4n) is 2.25. The van der Waals surface area contributed by atoms with Gasteiger partial charge in [0.25, 0.3) is 0 Å². The SMILES string of the molecule is FC(F)(F)c1ccc(NCc2c[nH]c3ccccc23)cc1. The largest absolute Gasteiger partial charge is 0.416 e. The summed E-state index contributed by atoms with van der Waals surface area (Å²) in [5, 5.41) is 4.24. The number of aromatic nitrogens is 1. The first-order valence-electron chi connectivity index (χ1n) is 6.50. The van der Waals surface area contributed by atoms with Crippen LogP contribution in [0.4, 0.5) is 18.9 Å². The van der Waals surface area contributed by atoms with Crippen molar-refractivity contribution in [3.8, 4) is 0 Å². The summed E-state index contributed by atoms with van der Waals surface area (Å²) < 4.78 is 37.4. The Balaban J connectivity index is 1.73. The van der Waals surface area contributed by atoms with E-state index < -0.39 is 11.7 Å². The summed E-state index contributed by atoms with van der Waals surface area (Å²) >= 11 is 0. The zero-order valence-electron chi connectivity index (χ0n) is 11.0. The average molecular weight is 290 g/mol. The van der Waals surface area contributed by atoms with Crippen LogP contribution in [-0.4, -0.2) is 4.98 Å². The van der Waals surface area contributed by atoms with Gasteiger partial charge in [0.15, 0.2) is 0 Å². The molecule has 0 fully saturated rings. The van der Waals surface area contributed by atoms with E-state index in [9.17, 15) is 13.2 Å². The lowest BCUT2D eigenvalue weighted by Crippen LogP contribution is -2.05. The van der Waals surface area contributed by atoms with Gasteiger partial charge in [-0.1, -0.05) is 18.2 Å². The maximum Gasteiger partial charge on any atom is 0.416 e. The van der Waals surface area contributed by atoms with E-state index in [0.29, 0.717) is 12.2 Å². The van der Waals surface area contributed by atoms with Crippen LogP contribution in [-0.2, 0) is 12.7 Å². The van der Waals surface area contributed by atoms with Crippen molar-refractivity contribution in [1.29, 1.82) is 0 Å². The zero-order chi connectivity index (χ0) is 14.9. The molecule has 3 aromatic rings. The van der Waals surface area contributed by atoms with Crippen LogP contribution in [0.25, 0.3) is 10.9 Å². The monoisotopic (exact) mass is 290 g/mol. The fraction of sp³-hybridized carbons (Fsp3) is 0.125. The molecule has 2 nitrogen and oxygen atoms in total. The number of rotatable bonds is 3. The van der Waals surface area contributed by atoms with Crippen molar-refractivity contribution in [2.45, 2.75) is 12.7 Å². The first kappa shape index (κ1) is 13.5. The van der Waals surface area contributed by atoms with E-state index in [1.54, 1.807) is 0 Å². The summed E-state index contributed by atoms with van der Waals surface area (Å²) in [6.07, 6.45) is -2.39. The van der Waals surface area contributed by atoms with Crippen LogP contribution in [0.1, 0.15) is 11.1 Å². The topological polar surface area (TPSA) is 27.8 Å². The molecule has 0 unspecified atom stereocenters. The molecule has 1 aromatic heterocycles. The molecule has 2 N–H and O–H groups in total. The van der Waals surface area contributed by atoms with Crippen LogP contribution in [0, 0.1) is 0 Å². The average Bonchev–Trinajstić information content (AvgIpc) is 2.88. The van der Waals surface area contributed by atoms with Gasteiger partial charge in [-0.2, -0.15) is 13.2 Å². The van der Waals surface area contributed by atoms with Crippen LogP contribution in [0.15, 0.2) is 54.7 Å². The smallest absolute Gasteiger partial charge is 0.381 e. The zero-order valence-corrected chi connectivity index (χ0v) is 11.0. The Hall–Kier alpha value is -2.43. The van der Waals surface area contributed by atoms with E-state index in [2.05, 4.69) is 10.3 Å². The van der Waals surface area contributed by atoms with Gasteiger partial charge in [0.1, 0.15) is 0 Å². The van der Waals surface area contributed by atoms with Gasteiger partial charge in [0.05, 0.1) is 5.56 Å². The van der Waals surface area contributed by atoms with Gasteiger partial charge in [-0.05, 0) is 35.9 Å². The number of para-hydroxylation sites is 1. The number of halogens is 3. The third-order valence-corrected chi connectivity index (χ3v) is 3.37. The minimum atomic E-state index is -4.30. The Morgan fingerprint density at radius 1 is 0.952 bits per heavy atom. The minimum Gasteiger partial charge on any atom is -0.381 e. The quantitative estimate of drug-likeness (QED) is 0.712. The molecule has 0 aliphatic rings. The number of alkyl halides is 3. The molecule has 2 aromatic carbocycles. The second-order valence-electron chi connectivity index (χ2n) is 4.79. The number of benzene rings is 2. The summed E-state index contributed by atoms with van der Waals surface area (Å²) in [4.78, 5) is 3.16.